The smallest absolute Gasteiger partial charge is 0.244 e. The van der Waals surface area contributed by atoms with E-state index in [-0.39, 0.29) is 11.9 Å². The van der Waals surface area contributed by atoms with E-state index in [1.54, 1.807) is 12.3 Å². The van der Waals surface area contributed by atoms with Crippen molar-refractivity contribution >= 4 is 12.0 Å². The number of hydrogen-bond acceptors (Lipinski definition) is 4. The minimum Gasteiger partial charge on any atom is -0.379 e. The van der Waals surface area contributed by atoms with Gasteiger partial charge in [-0.3, -0.25) is 14.7 Å². The topological polar surface area (TPSA) is 54.5 Å². The van der Waals surface area contributed by atoms with Crippen molar-refractivity contribution in [2.45, 2.75) is 13.0 Å². The molecule has 1 aliphatic heterocycles. The molecule has 26 heavy (non-hydrogen) atoms. The number of ether oxygens (including phenoxy) is 1. The lowest BCUT2D eigenvalue weighted by Crippen LogP contribution is -2.43. The lowest BCUT2D eigenvalue weighted by Gasteiger charge is -2.34. The molecule has 5 nitrogen and oxygen atoms in total. The van der Waals surface area contributed by atoms with Crippen LogP contribution in [-0.2, 0) is 9.53 Å². The highest BCUT2D eigenvalue weighted by molar-refractivity contribution is 5.91. The Morgan fingerprint density at radius 1 is 1.23 bits per heavy atom. The van der Waals surface area contributed by atoms with Crippen molar-refractivity contribution < 1.29 is 9.53 Å². The molecule has 1 saturated heterocycles. The van der Waals surface area contributed by atoms with Crippen LogP contribution in [0, 0.1) is 6.92 Å². The Kier molecular flexibility index (Phi) is 6.52. The maximum absolute atomic E-state index is 12.2. The molecule has 1 atom stereocenters. The molecule has 1 amide bonds. The number of aromatic nitrogens is 1. The second kappa shape index (κ2) is 9.27. The van der Waals surface area contributed by atoms with Gasteiger partial charge in [-0.15, -0.1) is 0 Å². The van der Waals surface area contributed by atoms with Crippen molar-refractivity contribution in [2.75, 3.05) is 32.8 Å². The van der Waals surface area contributed by atoms with Crippen LogP contribution in [0.3, 0.4) is 0 Å². The molecular weight excluding hydrogens is 326 g/mol. The highest BCUT2D eigenvalue weighted by Gasteiger charge is 2.22. The van der Waals surface area contributed by atoms with Crippen molar-refractivity contribution in [1.82, 2.24) is 15.2 Å². The molecule has 1 fully saturated rings. The van der Waals surface area contributed by atoms with E-state index in [1.165, 1.54) is 17.2 Å². The molecule has 0 radical (unpaired) electrons. The van der Waals surface area contributed by atoms with Crippen molar-refractivity contribution in [2.24, 2.45) is 0 Å². The van der Waals surface area contributed by atoms with Gasteiger partial charge >= 0.3 is 0 Å². The first-order chi connectivity index (χ1) is 12.7. The number of carbonyl (C=O) groups excluding carboxylic acids is 1. The van der Waals surface area contributed by atoms with Crippen LogP contribution in [0.1, 0.15) is 22.9 Å². The molecule has 3 rings (SSSR count). The summed E-state index contributed by atoms with van der Waals surface area (Å²) in [6.45, 7) is 5.86. The molecule has 0 spiro atoms. The van der Waals surface area contributed by atoms with Gasteiger partial charge < -0.3 is 10.1 Å². The molecule has 0 bridgehead atoms. The minimum atomic E-state index is -0.110. The van der Waals surface area contributed by atoms with Crippen LogP contribution < -0.4 is 5.32 Å². The number of nitrogens with one attached hydrogen (secondary N) is 1. The SMILES string of the molecule is Cc1ccc(C(CNC(=O)/C=C/c2ccccn2)N2CCOCC2)cc1. The van der Waals surface area contributed by atoms with Crippen LogP contribution in [-0.4, -0.2) is 48.6 Å². The zero-order chi connectivity index (χ0) is 18.2. The molecule has 1 unspecified atom stereocenters. The van der Waals surface area contributed by atoms with Crippen LogP contribution in [0.25, 0.3) is 6.08 Å². The Morgan fingerprint density at radius 2 is 2.00 bits per heavy atom. The summed E-state index contributed by atoms with van der Waals surface area (Å²) in [5.41, 5.74) is 3.22. The van der Waals surface area contributed by atoms with Gasteiger partial charge in [0.15, 0.2) is 0 Å². The molecule has 2 heterocycles. The number of rotatable bonds is 6. The third-order valence-electron chi connectivity index (χ3n) is 4.51. The van der Waals surface area contributed by atoms with Gasteiger partial charge in [0.05, 0.1) is 24.9 Å². The van der Waals surface area contributed by atoms with E-state index in [1.807, 2.05) is 18.2 Å². The number of benzene rings is 1. The number of amides is 1. The molecule has 1 N–H and O–H groups in total. The van der Waals surface area contributed by atoms with E-state index in [0.29, 0.717) is 6.54 Å². The molecule has 2 aromatic rings. The van der Waals surface area contributed by atoms with Gasteiger partial charge in [-0.05, 0) is 30.7 Å². The normalized spacial score (nSPS) is 16.5. The zero-order valence-electron chi connectivity index (χ0n) is 15.1. The molecule has 1 aliphatic rings. The van der Waals surface area contributed by atoms with Crippen LogP contribution in [0.4, 0.5) is 0 Å². The fourth-order valence-corrected chi connectivity index (χ4v) is 3.03. The van der Waals surface area contributed by atoms with Crippen molar-refractivity contribution in [1.29, 1.82) is 0 Å². The number of morpholine rings is 1. The van der Waals surface area contributed by atoms with Gasteiger partial charge in [0.2, 0.25) is 5.91 Å². The lowest BCUT2D eigenvalue weighted by molar-refractivity contribution is -0.116. The fourth-order valence-electron chi connectivity index (χ4n) is 3.03. The Labute approximate surface area is 154 Å². The zero-order valence-corrected chi connectivity index (χ0v) is 15.1. The second-order valence-electron chi connectivity index (χ2n) is 6.41. The predicted octanol–water partition coefficient (Wildman–Crippen LogP) is 2.59. The maximum Gasteiger partial charge on any atom is 0.244 e. The van der Waals surface area contributed by atoms with E-state index in [4.69, 9.17) is 4.74 Å². The monoisotopic (exact) mass is 351 g/mol. The second-order valence-corrected chi connectivity index (χ2v) is 6.41. The van der Waals surface area contributed by atoms with Gasteiger partial charge in [0.25, 0.3) is 0 Å². The van der Waals surface area contributed by atoms with E-state index < -0.39 is 0 Å². The van der Waals surface area contributed by atoms with Crippen molar-refractivity contribution in [3.63, 3.8) is 0 Å². The largest absolute Gasteiger partial charge is 0.379 e. The molecule has 136 valence electrons. The summed E-state index contributed by atoms with van der Waals surface area (Å²) < 4.78 is 5.47. The summed E-state index contributed by atoms with van der Waals surface area (Å²) in [4.78, 5) is 18.8. The van der Waals surface area contributed by atoms with Gasteiger partial charge in [0.1, 0.15) is 0 Å². The van der Waals surface area contributed by atoms with Crippen LogP contribution in [0.2, 0.25) is 0 Å². The summed E-state index contributed by atoms with van der Waals surface area (Å²) in [7, 11) is 0. The standard InChI is InChI=1S/C21H25N3O2/c1-17-5-7-18(8-6-17)20(24-12-14-26-15-13-24)16-23-21(25)10-9-19-4-2-3-11-22-19/h2-11,20H,12-16H2,1H3,(H,23,25)/b10-9+. The average molecular weight is 351 g/mol. The first kappa shape index (κ1) is 18.3. The number of carbonyl (C=O) groups is 1. The summed E-state index contributed by atoms with van der Waals surface area (Å²) in [6, 6.07) is 14.3. The number of hydrogen-bond donors (Lipinski definition) is 1. The van der Waals surface area contributed by atoms with Crippen LogP contribution in [0.5, 0.6) is 0 Å². The molecule has 0 saturated carbocycles. The van der Waals surface area contributed by atoms with Crippen molar-refractivity contribution in [3.05, 3.63) is 71.6 Å². The van der Waals surface area contributed by atoms with E-state index in [9.17, 15) is 4.79 Å². The number of aryl methyl sites for hydroxylation is 1. The third kappa shape index (κ3) is 5.25. The van der Waals surface area contributed by atoms with E-state index in [0.717, 1.165) is 32.0 Å². The quantitative estimate of drug-likeness (QED) is 0.813. The number of pyridine rings is 1. The first-order valence-electron chi connectivity index (χ1n) is 8.98. The Bertz CT molecular complexity index is 723. The fraction of sp³-hybridized carbons (Fsp3) is 0.333. The minimum absolute atomic E-state index is 0.110. The highest BCUT2D eigenvalue weighted by atomic mass is 16.5. The van der Waals surface area contributed by atoms with Gasteiger partial charge in [-0.2, -0.15) is 0 Å². The van der Waals surface area contributed by atoms with Crippen molar-refractivity contribution in [3.8, 4) is 0 Å². The van der Waals surface area contributed by atoms with Crippen LogP contribution >= 0.6 is 0 Å². The maximum atomic E-state index is 12.2. The Hall–Kier alpha value is -2.50. The average Bonchev–Trinajstić information content (AvgIpc) is 2.69. The van der Waals surface area contributed by atoms with Gasteiger partial charge in [-0.1, -0.05) is 35.9 Å². The Balaban J connectivity index is 1.64. The van der Waals surface area contributed by atoms with E-state index in [2.05, 4.69) is 46.4 Å². The summed E-state index contributed by atoms with van der Waals surface area (Å²) in [5, 5.41) is 3.03. The molecule has 0 aliphatic carbocycles. The van der Waals surface area contributed by atoms with Gasteiger partial charge in [-0.25, -0.2) is 0 Å². The lowest BCUT2D eigenvalue weighted by atomic mass is 10.0. The predicted molar refractivity (Wildman–Crippen MR) is 103 cm³/mol. The third-order valence-corrected chi connectivity index (χ3v) is 4.51. The summed E-state index contributed by atoms with van der Waals surface area (Å²) in [5.74, 6) is -0.110. The molecular formula is C21H25N3O2. The molecule has 5 heteroatoms. The molecule has 1 aromatic carbocycles. The summed E-state index contributed by atoms with van der Waals surface area (Å²) >= 11 is 0. The van der Waals surface area contributed by atoms with E-state index >= 15 is 0 Å². The molecule has 1 aromatic heterocycles. The first-order valence-corrected chi connectivity index (χ1v) is 8.98. The summed E-state index contributed by atoms with van der Waals surface area (Å²) in [6.07, 6.45) is 4.97. The number of nitrogens with zero attached hydrogens (tertiary/aromatic N) is 2. The highest BCUT2D eigenvalue weighted by Crippen LogP contribution is 2.21. The van der Waals surface area contributed by atoms with Gasteiger partial charge in [0, 0.05) is 31.9 Å². The Morgan fingerprint density at radius 3 is 2.69 bits per heavy atom. The van der Waals surface area contributed by atoms with Crippen LogP contribution in [0.15, 0.2) is 54.7 Å².